The summed E-state index contributed by atoms with van der Waals surface area (Å²) in [6.45, 7) is 10.9. The average molecular weight is 404 g/mol. The number of benzene rings is 1. The highest BCUT2D eigenvalue weighted by molar-refractivity contribution is 6.74. The van der Waals surface area contributed by atoms with Crippen molar-refractivity contribution in [3.63, 3.8) is 0 Å². The second-order valence-electron chi connectivity index (χ2n) is 8.90. The van der Waals surface area contributed by atoms with Crippen molar-refractivity contribution in [2.24, 2.45) is 0 Å². The second kappa shape index (κ2) is 7.91. The Labute approximate surface area is 167 Å². The maximum Gasteiger partial charge on any atom is 0.308 e. The SMILES string of the molecule is CC(C)(C)[Si](C)(C)O[C@@H]1C(=O)C=C2[C@H](NOCc3ccccc3)CC(=O)O[C@@H]21. The van der Waals surface area contributed by atoms with E-state index in [4.69, 9.17) is 14.0 Å². The largest absolute Gasteiger partial charge is 0.454 e. The summed E-state index contributed by atoms with van der Waals surface area (Å²) in [4.78, 5) is 30.4. The topological polar surface area (TPSA) is 73.9 Å². The van der Waals surface area contributed by atoms with E-state index >= 15 is 0 Å². The molecular formula is C21H29NO5Si. The van der Waals surface area contributed by atoms with Crippen molar-refractivity contribution in [3.8, 4) is 0 Å². The van der Waals surface area contributed by atoms with Gasteiger partial charge in [0.1, 0.15) is 6.10 Å². The summed E-state index contributed by atoms with van der Waals surface area (Å²) in [6, 6.07) is 9.34. The quantitative estimate of drug-likeness (QED) is 0.446. The molecule has 3 rings (SSSR count). The normalized spacial score (nSPS) is 25.3. The lowest BCUT2D eigenvalue weighted by Crippen LogP contribution is -2.52. The van der Waals surface area contributed by atoms with Crippen LogP contribution >= 0.6 is 0 Å². The first-order chi connectivity index (χ1) is 13.1. The molecule has 1 saturated heterocycles. The summed E-state index contributed by atoms with van der Waals surface area (Å²) in [5.74, 6) is -0.504. The Morgan fingerprint density at radius 3 is 2.50 bits per heavy atom. The molecule has 0 bridgehead atoms. The number of carbonyl (C=O) groups excluding carboxylic acids is 2. The van der Waals surface area contributed by atoms with Gasteiger partial charge in [-0.05, 0) is 35.3 Å². The lowest BCUT2D eigenvalue weighted by atomic mass is 9.98. The Balaban J connectivity index is 1.68. The fraction of sp³-hybridized carbons (Fsp3) is 0.524. The molecule has 0 amide bonds. The van der Waals surface area contributed by atoms with Gasteiger partial charge < -0.3 is 9.16 Å². The van der Waals surface area contributed by atoms with Crippen LogP contribution in [0.5, 0.6) is 0 Å². The van der Waals surface area contributed by atoms with Crippen LogP contribution in [0.3, 0.4) is 0 Å². The third-order valence-electron chi connectivity index (χ3n) is 5.76. The standard InChI is InChI=1S/C21H29NO5Si/c1-21(2,3)28(4,5)27-20-17(23)11-15-16(12-18(24)26-19(15)20)22-25-13-14-9-7-6-8-10-14/h6-11,16,19-20,22H,12-13H2,1-5H3/t16-,19+,20-/m1/s1. The lowest BCUT2D eigenvalue weighted by Gasteiger charge is -2.40. The van der Waals surface area contributed by atoms with Gasteiger partial charge in [-0.25, -0.2) is 0 Å². The Morgan fingerprint density at radius 2 is 1.86 bits per heavy atom. The Hall–Kier alpha value is -1.80. The molecule has 6 nitrogen and oxygen atoms in total. The third kappa shape index (κ3) is 4.43. The van der Waals surface area contributed by atoms with Crippen LogP contribution in [0.1, 0.15) is 32.8 Å². The molecule has 1 aliphatic carbocycles. The molecule has 0 radical (unpaired) electrons. The molecule has 0 spiro atoms. The summed E-state index contributed by atoms with van der Waals surface area (Å²) in [7, 11) is -2.20. The number of ketones is 1. The zero-order chi connectivity index (χ0) is 20.5. The number of esters is 1. The van der Waals surface area contributed by atoms with E-state index in [1.807, 2.05) is 30.3 Å². The van der Waals surface area contributed by atoms with Crippen LogP contribution in [0.2, 0.25) is 18.1 Å². The highest BCUT2D eigenvalue weighted by atomic mass is 28.4. The van der Waals surface area contributed by atoms with E-state index in [-0.39, 0.29) is 23.2 Å². The van der Waals surface area contributed by atoms with Crippen LogP contribution in [0.25, 0.3) is 0 Å². The van der Waals surface area contributed by atoms with Crippen LogP contribution in [-0.2, 0) is 30.2 Å². The average Bonchev–Trinajstić information content (AvgIpc) is 2.90. The number of hydroxylamine groups is 1. The smallest absolute Gasteiger partial charge is 0.308 e. The van der Waals surface area contributed by atoms with Crippen molar-refractivity contribution in [1.82, 2.24) is 5.48 Å². The Bertz CT molecular complexity index is 769. The van der Waals surface area contributed by atoms with Gasteiger partial charge >= 0.3 is 5.97 Å². The predicted octanol–water partition coefficient (Wildman–Crippen LogP) is 3.29. The molecule has 1 aromatic carbocycles. The Morgan fingerprint density at radius 1 is 1.18 bits per heavy atom. The minimum Gasteiger partial charge on any atom is -0.454 e. The zero-order valence-electron chi connectivity index (χ0n) is 17.2. The summed E-state index contributed by atoms with van der Waals surface area (Å²) in [5, 5.41) is -0.0504. The molecule has 7 heteroatoms. The van der Waals surface area contributed by atoms with E-state index in [0.717, 1.165) is 11.1 Å². The molecule has 0 aromatic heterocycles. The molecule has 1 N–H and O–H groups in total. The van der Waals surface area contributed by atoms with Crippen molar-refractivity contribution in [1.29, 1.82) is 0 Å². The maximum atomic E-state index is 12.7. The number of fused-ring (bicyclic) bond motifs is 1. The Kier molecular flexibility index (Phi) is 5.91. The van der Waals surface area contributed by atoms with Crippen molar-refractivity contribution >= 4 is 20.1 Å². The van der Waals surface area contributed by atoms with Crippen LogP contribution < -0.4 is 5.48 Å². The molecule has 1 fully saturated rings. The molecule has 1 aliphatic heterocycles. The highest BCUT2D eigenvalue weighted by Crippen LogP contribution is 2.40. The fourth-order valence-electron chi connectivity index (χ4n) is 3.08. The number of ether oxygens (including phenoxy) is 1. The first-order valence-corrected chi connectivity index (χ1v) is 12.5. The fourth-order valence-corrected chi connectivity index (χ4v) is 4.31. The van der Waals surface area contributed by atoms with Gasteiger partial charge in [0.25, 0.3) is 0 Å². The molecule has 1 heterocycles. The van der Waals surface area contributed by atoms with Crippen LogP contribution in [0.15, 0.2) is 42.0 Å². The molecule has 152 valence electrons. The minimum atomic E-state index is -2.20. The van der Waals surface area contributed by atoms with Gasteiger partial charge in [0.2, 0.25) is 0 Å². The first kappa shape index (κ1) is 20.9. The number of hydrogen-bond donors (Lipinski definition) is 1. The molecular weight excluding hydrogens is 374 g/mol. The van der Waals surface area contributed by atoms with E-state index in [1.54, 1.807) is 6.08 Å². The van der Waals surface area contributed by atoms with Gasteiger partial charge in [0.05, 0.1) is 19.1 Å². The molecule has 2 aliphatic rings. The summed E-state index contributed by atoms with van der Waals surface area (Å²) < 4.78 is 11.8. The zero-order valence-corrected chi connectivity index (χ0v) is 18.2. The van der Waals surface area contributed by atoms with E-state index in [0.29, 0.717) is 6.61 Å². The van der Waals surface area contributed by atoms with E-state index in [1.165, 1.54) is 0 Å². The first-order valence-electron chi connectivity index (χ1n) is 9.62. The van der Waals surface area contributed by atoms with Gasteiger partial charge in [-0.15, -0.1) is 0 Å². The minimum absolute atomic E-state index is 0.0504. The maximum absolute atomic E-state index is 12.7. The molecule has 0 unspecified atom stereocenters. The molecule has 28 heavy (non-hydrogen) atoms. The van der Waals surface area contributed by atoms with Crippen LogP contribution in [0, 0.1) is 0 Å². The van der Waals surface area contributed by atoms with Crippen LogP contribution in [0.4, 0.5) is 0 Å². The number of hydrogen-bond acceptors (Lipinski definition) is 6. The highest BCUT2D eigenvalue weighted by Gasteiger charge is 2.50. The predicted molar refractivity (Wildman–Crippen MR) is 108 cm³/mol. The van der Waals surface area contributed by atoms with E-state index in [9.17, 15) is 9.59 Å². The lowest BCUT2D eigenvalue weighted by molar-refractivity contribution is -0.158. The van der Waals surface area contributed by atoms with E-state index < -0.39 is 26.6 Å². The number of nitrogens with one attached hydrogen (secondary N) is 1. The van der Waals surface area contributed by atoms with Gasteiger partial charge in [-0.2, -0.15) is 5.48 Å². The van der Waals surface area contributed by atoms with Crippen molar-refractivity contribution in [3.05, 3.63) is 47.5 Å². The summed E-state index contributed by atoms with van der Waals surface area (Å²) in [5.41, 5.74) is 4.68. The van der Waals surface area contributed by atoms with E-state index in [2.05, 4.69) is 39.3 Å². The molecule has 1 aromatic rings. The van der Waals surface area contributed by atoms with Gasteiger partial charge in [-0.1, -0.05) is 51.1 Å². The molecule has 3 atom stereocenters. The van der Waals surface area contributed by atoms with Crippen molar-refractivity contribution in [2.75, 3.05) is 0 Å². The van der Waals surface area contributed by atoms with Gasteiger partial charge in [-0.3, -0.25) is 14.4 Å². The summed E-state index contributed by atoms with van der Waals surface area (Å²) in [6.07, 6.45) is 0.231. The molecule has 0 saturated carbocycles. The van der Waals surface area contributed by atoms with Crippen LogP contribution in [-0.4, -0.2) is 38.3 Å². The van der Waals surface area contributed by atoms with Gasteiger partial charge in [0, 0.05) is 0 Å². The van der Waals surface area contributed by atoms with Crippen molar-refractivity contribution < 1.29 is 23.6 Å². The van der Waals surface area contributed by atoms with Crippen molar-refractivity contribution in [2.45, 2.75) is 70.2 Å². The van der Waals surface area contributed by atoms with Gasteiger partial charge in [0.15, 0.2) is 20.2 Å². The third-order valence-corrected chi connectivity index (χ3v) is 10.2. The second-order valence-corrected chi connectivity index (χ2v) is 13.7. The monoisotopic (exact) mass is 403 g/mol. The number of rotatable bonds is 6. The summed E-state index contributed by atoms with van der Waals surface area (Å²) >= 11 is 0. The number of carbonyl (C=O) groups is 2.